The first-order valence-corrected chi connectivity index (χ1v) is 6.41. The van der Waals surface area contributed by atoms with E-state index in [4.69, 9.17) is 4.74 Å². The summed E-state index contributed by atoms with van der Waals surface area (Å²) in [4.78, 5) is 0. The molecule has 100 valence electrons. The minimum Gasteiger partial charge on any atom is -0.387 e. The van der Waals surface area contributed by atoms with Gasteiger partial charge in [0.1, 0.15) is 5.82 Å². The second-order valence-electron chi connectivity index (χ2n) is 4.89. The van der Waals surface area contributed by atoms with E-state index in [2.05, 4.69) is 12.2 Å². The van der Waals surface area contributed by atoms with Crippen LogP contribution in [0.1, 0.15) is 25.0 Å². The number of halogens is 1. The van der Waals surface area contributed by atoms with Crippen molar-refractivity contribution < 1.29 is 14.2 Å². The van der Waals surface area contributed by atoms with Crippen molar-refractivity contribution in [3.63, 3.8) is 0 Å². The molecule has 3 atom stereocenters. The third kappa shape index (κ3) is 3.51. The number of hydrogen-bond donors (Lipinski definition) is 2. The van der Waals surface area contributed by atoms with Gasteiger partial charge in [-0.15, -0.1) is 0 Å². The number of nitrogens with one attached hydrogen (secondary N) is 1. The molecule has 0 amide bonds. The average molecular weight is 253 g/mol. The Morgan fingerprint density at radius 1 is 1.56 bits per heavy atom. The van der Waals surface area contributed by atoms with E-state index in [0.29, 0.717) is 24.1 Å². The molecule has 2 rings (SSSR count). The number of hydrogen-bond acceptors (Lipinski definition) is 3. The van der Waals surface area contributed by atoms with Crippen LogP contribution in [0.15, 0.2) is 24.3 Å². The van der Waals surface area contributed by atoms with Gasteiger partial charge in [-0.3, -0.25) is 0 Å². The lowest BCUT2D eigenvalue weighted by Gasteiger charge is -2.21. The Morgan fingerprint density at radius 3 is 3.06 bits per heavy atom. The monoisotopic (exact) mass is 253 g/mol. The molecule has 3 nitrogen and oxygen atoms in total. The third-order valence-electron chi connectivity index (χ3n) is 3.54. The lowest BCUT2D eigenvalue weighted by molar-refractivity contribution is 0.155. The molecule has 0 aromatic heterocycles. The maximum atomic E-state index is 13.0. The molecule has 2 N–H and O–H groups in total. The van der Waals surface area contributed by atoms with Crippen LogP contribution in [0.2, 0.25) is 0 Å². The van der Waals surface area contributed by atoms with Gasteiger partial charge in [0.15, 0.2) is 0 Å². The van der Waals surface area contributed by atoms with Gasteiger partial charge < -0.3 is 15.2 Å². The van der Waals surface area contributed by atoms with Gasteiger partial charge in [0.05, 0.1) is 12.7 Å². The highest BCUT2D eigenvalue weighted by Gasteiger charge is 2.22. The molecule has 18 heavy (non-hydrogen) atoms. The molecule has 1 aliphatic rings. The van der Waals surface area contributed by atoms with E-state index in [0.717, 1.165) is 19.6 Å². The van der Waals surface area contributed by atoms with Gasteiger partial charge in [-0.1, -0.05) is 12.1 Å². The topological polar surface area (TPSA) is 41.5 Å². The summed E-state index contributed by atoms with van der Waals surface area (Å²) < 4.78 is 18.4. The molecule has 1 aromatic rings. The Balaban J connectivity index is 1.82. The smallest absolute Gasteiger partial charge is 0.123 e. The number of aliphatic hydroxyl groups excluding tert-OH is 1. The lowest BCUT2D eigenvalue weighted by atomic mass is 10.0. The summed E-state index contributed by atoms with van der Waals surface area (Å²) >= 11 is 0. The Kier molecular flexibility index (Phi) is 4.69. The van der Waals surface area contributed by atoms with E-state index in [1.54, 1.807) is 12.1 Å². The average Bonchev–Trinajstić information content (AvgIpc) is 2.89. The predicted molar refractivity (Wildman–Crippen MR) is 67.8 cm³/mol. The number of ether oxygens (including phenoxy) is 1. The Hall–Kier alpha value is -0.970. The van der Waals surface area contributed by atoms with Gasteiger partial charge in [-0.2, -0.15) is 0 Å². The van der Waals surface area contributed by atoms with Gasteiger partial charge in [0, 0.05) is 19.2 Å². The van der Waals surface area contributed by atoms with E-state index in [1.165, 1.54) is 12.1 Å². The number of aliphatic hydroxyl groups is 1. The van der Waals surface area contributed by atoms with Crippen molar-refractivity contribution in [1.29, 1.82) is 0 Å². The summed E-state index contributed by atoms with van der Waals surface area (Å²) in [6.07, 6.45) is 0.384. The SMILES string of the molecule is CC(NCC(O)c1cccc(F)c1)C1CCOC1. The molecular formula is C14H20FNO2. The Bertz CT molecular complexity index is 380. The van der Waals surface area contributed by atoms with Crippen molar-refractivity contribution in [2.24, 2.45) is 5.92 Å². The fourth-order valence-electron chi connectivity index (χ4n) is 2.24. The first kappa shape index (κ1) is 13.5. The summed E-state index contributed by atoms with van der Waals surface area (Å²) in [6, 6.07) is 6.40. The molecule has 0 bridgehead atoms. The van der Waals surface area contributed by atoms with Crippen molar-refractivity contribution >= 4 is 0 Å². The van der Waals surface area contributed by atoms with Crippen molar-refractivity contribution in [3.05, 3.63) is 35.6 Å². The van der Waals surface area contributed by atoms with Gasteiger partial charge in [-0.05, 0) is 37.0 Å². The minimum absolute atomic E-state index is 0.302. The van der Waals surface area contributed by atoms with Crippen LogP contribution in [0.4, 0.5) is 4.39 Å². The first-order valence-electron chi connectivity index (χ1n) is 6.41. The van der Waals surface area contributed by atoms with E-state index in [-0.39, 0.29) is 5.82 Å². The van der Waals surface area contributed by atoms with E-state index in [9.17, 15) is 9.50 Å². The maximum Gasteiger partial charge on any atom is 0.123 e. The van der Waals surface area contributed by atoms with Gasteiger partial charge in [0.2, 0.25) is 0 Å². The predicted octanol–water partition coefficient (Wildman–Crippen LogP) is 1.87. The van der Waals surface area contributed by atoms with Gasteiger partial charge in [-0.25, -0.2) is 4.39 Å². The van der Waals surface area contributed by atoms with Crippen LogP contribution in [0, 0.1) is 11.7 Å². The van der Waals surface area contributed by atoms with Gasteiger partial charge in [0.25, 0.3) is 0 Å². The highest BCUT2D eigenvalue weighted by Crippen LogP contribution is 2.18. The molecule has 1 aliphatic heterocycles. The molecule has 0 aliphatic carbocycles. The zero-order valence-corrected chi connectivity index (χ0v) is 10.6. The molecule has 1 saturated heterocycles. The Labute approximate surface area is 107 Å². The van der Waals surface area contributed by atoms with Crippen LogP contribution >= 0.6 is 0 Å². The largest absolute Gasteiger partial charge is 0.387 e. The van der Waals surface area contributed by atoms with Crippen LogP contribution in [-0.4, -0.2) is 30.9 Å². The molecule has 1 heterocycles. The summed E-state index contributed by atoms with van der Waals surface area (Å²) in [5.41, 5.74) is 0.609. The molecule has 0 saturated carbocycles. The van der Waals surface area contributed by atoms with Crippen molar-refractivity contribution in [1.82, 2.24) is 5.32 Å². The summed E-state index contributed by atoms with van der Waals surface area (Å²) in [7, 11) is 0. The minimum atomic E-state index is -0.675. The van der Waals surface area contributed by atoms with Crippen LogP contribution in [0.3, 0.4) is 0 Å². The summed E-state index contributed by atoms with van der Waals surface area (Å²) in [5, 5.41) is 13.3. The quantitative estimate of drug-likeness (QED) is 0.842. The number of rotatable bonds is 5. The first-order chi connectivity index (χ1) is 8.66. The van der Waals surface area contributed by atoms with Crippen molar-refractivity contribution in [3.8, 4) is 0 Å². The second kappa shape index (κ2) is 6.27. The van der Waals surface area contributed by atoms with E-state index < -0.39 is 6.10 Å². The zero-order chi connectivity index (χ0) is 13.0. The Morgan fingerprint density at radius 2 is 2.39 bits per heavy atom. The van der Waals surface area contributed by atoms with Crippen molar-refractivity contribution in [2.75, 3.05) is 19.8 Å². The van der Waals surface area contributed by atoms with Crippen molar-refractivity contribution in [2.45, 2.75) is 25.5 Å². The molecular weight excluding hydrogens is 233 g/mol. The molecule has 0 radical (unpaired) electrons. The van der Waals surface area contributed by atoms with E-state index in [1.807, 2.05) is 0 Å². The van der Waals surface area contributed by atoms with Crippen LogP contribution < -0.4 is 5.32 Å². The zero-order valence-electron chi connectivity index (χ0n) is 10.6. The van der Waals surface area contributed by atoms with E-state index >= 15 is 0 Å². The standard InChI is InChI=1S/C14H20FNO2/c1-10(12-5-6-18-9-12)16-8-14(17)11-3-2-4-13(15)7-11/h2-4,7,10,12,14,16-17H,5-6,8-9H2,1H3. The fourth-order valence-corrected chi connectivity index (χ4v) is 2.24. The molecule has 3 unspecified atom stereocenters. The molecule has 0 spiro atoms. The van der Waals surface area contributed by atoms with Crippen LogP contribution in [0.5, 0.6) is 0 Å². The highest BCUT2D eigenvalue weighted by atomic mass is 19.1. The highest BCUT2D eigenvalue weighted by molar-refractivity contribution is 5.18. The molecule has 1 fully saturated rings. The molecule has 1 aromatic carbocycles. The number of benzene rings is 1. The fraction of sp³-hybridized carbons (Fsp3) is 0.571. The molecule has 4 heteroatoms. The second-order valence-corrected chi connectivity index (χ2v) is 4.89. The maximum absolute atomic E-state index is 13.0. The van der Waals surface area contributed by atoms with Gasteiger partial charge >= 0.3 is 0 Å². The van der Waals surface area contributed by atoms with Crippen LogP contribution in [0.25, 0.3) is 0 Å². The van der Waals surface area contributed by atoms with Crippen LogP contribution in [-0.2, 0) is 4.74 Å². The summed E-state index contributed by atoms with van der Waals surface area (Å²) in [5.74, 6) is 0.188. The normalized spacial score (nSPS) is 22.9. The third-order valence-corrected chi connectivity index (χ3v) is 3.54. The summed E-state index contributed by atoms with van der Waals surface area (Å²) in [6.45, 7) is 4.13. The lowest BCUT2D eigenvalue weighted by Crippen LogP contribution is -2.36.